The summed E-state index contributed by atoms with van der Waals surface area (Å²) in [6, 6.07) is 14.2. The lowest BCUT2D eigenvalue weighted by Crippen LogP contribution is -2.42. The molecule has 0 spiro atoms. The maximum Gasteiger partial charge on any atom is 0.162 e. The number of allylic oxidation sites excluding steroid dienone is 3. The van der Waals surface area contributed by atoms with E-state index in [1.807, 2.05) is 17.0 Å². The molecule has 3 aliphatic rings. The molecule has 0 radical (unpaired) electrons. The highest BCUT2D eigenvalue weighted by Crippen LogP contribution is 2.51. The van der Waals surface area contributed by atoms with Crippen LogP contribution in [0.15, 0.2) is 59.1 Å². The number of anilines is 1. The number of morpholine rings is 1. The van der Waals surface area contributed by atoms with Crippen molar-refractivity contribution in [2.45, 2.75) is 53.0 Å². The Balaban J connectivity index is 1.69. The molecule has 198 valence electrons. The van der Waals surface area contributed by atoms with Crippen molar-refractivity contribution in [3.63, 3.8) is 0 Å². The van der Waals surface area contributed by atoms with Crippen LogP contribution in [0, 0.1) is 30.6 Å². The summed E-state index contributed by atoms with van der Waals surface area (Å²) in [5.74, 6) is -0.0415. The first kappa shape index (κ1) is 26.5. The van der Waals surface area contributed by atoms with Crippen LogP contribution in [0.25, 0.3) is 0 Å². The highest BCUT2D eigenvalue weighted by molar-refractivity contribution is 6.30. The maximum absolute atomic E-state index is 13.9. The molecule has 1 fully saturated rings. The Hall–Kier alpha value is -3.11. The summed E-state index contributed by atoms with van der Waals surface area (Å²) < 4.78 is 5.53. The number of nitrogens with zero attached hydrogens (tertiary/aromatic N) is 3. The summed E-state index contributed by atoms with van der Waals surface area (Å²) in [5, 5.41) is 11.1. The molecule has 1 saturated heterocycles. The van der Waals surface area contributed by atoms with Crippen molar-refractivity contribution in [2.75, 3.05) is 31.2 Å². The Morgan fingerprint density at radius 3 is 2.45 bits per heavy atom. The zero-order chi connectivity index (χ0) is 27.2. The fraction of sp³-hybridized carbons (Fsp3) is 0.419. The van der Waals surface area contributed by atoms with E-state index in [1.165, 1.54) is 11.1 Å². The number of hydrogen-bond donors (Lipinski definition) is 1. The van der Waals surface area contributed by atoms with Gasteiger partial charge in [0.2, 0.25) is 0 Å². The van der Waals surface area contributed by atoms with Crippen LogP contribution in [0.5, 0.6) is 0 Å². The van der Waals surface area contributed by atoms with Crippen molar-refractivity contribution in [3.05, 3.63) is 86.3 Å². The van der Waals surface area contributed by atoms with Crippen LogP contribution < -0.4 is 10.6 Å². The molecule has 0 bridgehead atoms. The van der Waals surface area contributed by atoms with Gasteiger partial charge in [0.05, 0.1) is 30.8 Å². The van der Waals surface area contributed by atoms with Crippen molar-refractivity contribution in [1.82, 2.24) is 4.90 Å². The zero-order valence-electron chi connectivity index (χ0n) is 22.6. The Morgan fingerprint density at radius 1 is 1.11 bits per heavy atom. The number of rotatable bonds is 4. The number of nitriles is 1. The summed E-state index contributed by atoms with van der Waals surface area (Å²) in [7, 11) is 0. The third kappa shape index (κ3) is 4.87. The predicted octanol–water partition coefficient (Wildman–Crippen LogP) is 5.73. The fourth-order valence-corrected chi connectivity index (χ4v) is 6.23. The highest BCUT2D eigenvalue weighted by Gasteiger charge is 2.45. The molecule has 0 amide bonds. The van der Waals surface area contributed by atoms with E-state index in [4.69, 9.17) is 22.1 Å². The van der Waals surface area contributed by atoms with Crippen LogP contribution in [0.3, 0.4) is 0 Å². The minimum Gasteiger partial charge on any atom is -0.384 e. The number of hydrogen-bond acceptors (Lipinski definition) is 6. The standard InChI is InChI=1S/C31H35ClN4O2/c1-19-13-20(2)24(14-21(19)18-35-9-11-38-12-10-35)28-25(17-33)30(34)36(23-7-5-22(32)6-8-23)26-15-31(3,4)16-27(37)29(26)28/h5-8,13-14,28H,9-12,15-16,18,34H2,1-4H3/t28-/m0/s1. The van der Waals surface area contributed by atoms with Gasteiger partial charge in [-0.05, 0) is 72.2 Å². The quantitative estimate of drug-likeness (QED) is 0.543. The highest BCUT2D eigenvalue weighted by atomic mass is 35.5. The number of halogens is 1. The Morgan fingerprint density at radius 2 is 1.79 bits per heavy atom. The van der Waals surface area contributed by atoms with Gasteiger partial charge in [-0.25, -0.2) is 0 Å². The summed E-state index contributed by atoms with van der Waals surface area (Å²) >= 11 is 6.18. The topological polar surface area (TPSA) is 82.6 Å². The largest absolute Gasteiger partial charge is 0.384 e. The van der Waals surface area contributed by atoms with Gasteiger partial charge in [0.15, 0.2) is 5.78 Å². The van der Waals surface area contributed by atoms with Crippen LogP contribution in [0.2, 0.25) is 5.02 Å². The summed E-state index contributed by atoms with van der Waals surface area (Å²) in [6.45, 7) is 12.5. The average molecular weight is 531 g/mol. The molecule has 1 atom stereocenters. The molecule has 7 heteroatoms. The fourth-order valence-electron chi connectivity index (χ4n) is 6.10. The minimum absolute atomic E-state index is 0.0789. The third-order valence-corrected chi connectivity index (χ3v) is 8.25. The van der Waals surface area contributed by atoms with Gasteiger partial charge in [-0.3, -0.25) is 14.6 Å². The number of benzene rings is 2. The Kier molecular flexibility index (Phi) is 7.13. The molecule has 6 nitrogen and oxygen atoms in total. The molecular formula is C31H35ClN4O2. The maximum atomic E-state index is 13.9. The Labute approximate surface area is 230 Å². The van der Waals surface area contributed by atoms with Crippen LogP contribution in [0.4, 0.5) is 5.69 Å². The second-order valence-corrected chi connectivity index (χ2v) is 11.9. The van der Waals surface area contributed by atoms with E-state index >= 15 is 0 Å². The minimum atomic E-state index is -0.494. The van der Waals surface area contributed by atoms with E-state index in [0.29, 0.717) is 34.8 Å². The van der Waals surface area contributed by atoms with Crippen molar-refractivity contribution in [3.8, 4) is 6.07 Å². The first-order valence-corrected chi connectivity index (χ1v) is 13.6. The third-order valence-electron chi connectivity index (χ3n) is 8.00. The summed E-state index contributed by atoms with van der Waals surface area (Å²) in [5.41, 5.74) is 13.8. The molecule has 38 heavy (non-hydrogen) atoms. The molecule has 0 aromatic heterocycles. The van der Waals surface area contributed by atoms with Gasteiger partial charge in [0.1, 0.15) is 5.82 Å². The smallest absolute Gasteiger partial charge is 0.162 e. The normalized spacial score (nSPS) is 21.9. The van der Waals surface area contributed by atoms with E-state index in [0.717, 1.165) is 55.4 Å². The lowest BCUT2D eigenvalue weighted by Gasteiger charge is -2.44. The van der Waals surface area contributed by atoms with Gasteiger partial charge in [0.25, 0.3) is 0 Å². The SMILES string of the molecule is Cc1cc(C)c([C@H]2C(C#N)=C(N)N(c3ccc(Cl)cc3)C3=C2C(=O)CC(C)(C)C3)cc1CN1CCOCC1. The molecule has 0 unspecified atom stereocenters. The van der Waals surface area contributed by atoms with E-state index in [2.05, 4.69) is 50.8 Å². The zero-order valence-corrected chi connectivity index (χ0v) is 23.4. The van der Waals surface area contributed by atoms with Gasteiger partial charge in [-0.1, -0.05) is 37.6 Å². The molecule has 2 aromatic carbocycles. The molecule has 0 saturated carbocycles. The van der Waals surface area contributed by atoms with E-state index < -0.39 is 5.92 Å². The number of ether oxygens (including phenoxy) is 1. The van der Waals surface area contributed by atoms with Crippen molar-refractivity contribution in [2.24, 2.45) is 11.1 Å². The van der Waals surface area contributed by atoms with Crippen LogP contribution in [0.1, 0.15) is 54.9 Å². The second kappa shape index (κ2) is 10.2. The van der Waals surface area contributed by atoms with Crippen LogP contribution in [-0.2, 0) is 16.1 Å². The van der Waals surface area contributed by atoms with Crippen LogP contribution >= 0.6 is 11.6 Å². The molecule has 1 aliphatic carbocycles. The number of ketones is 1. The average Bonchev–Trinajstić information content (AvgIpc) is 2.86. The predicted molar refractivity (Wildman–Crippen MR) is 151 cm³/mol. The first-order valence-electron chi connectivity index (χ1n) is 13.2. The van der Waals surface area contributed by atoms with Crippen molar-refractivity contribution in [1.29, 1.82) is 5.26 Å². The molecule has 2 heterocycles. The number of Topliss-reactive ketones (excluding diaryl/α,β-unsaturated/α-hetero) is 1. The van der Waals surface area contributed by atoms with Crippen molar-refractivity contribution < 1.29 is 9.53 Å². The number of carbonyl (C=O) groups is 1. The van der Waals surface area contributed by atoms with Crippen LogP contribution in [-0.4, -0.2) is 37.0 Å². The van der Waals surface area contributed by atoms with E-state index in [9.17, 15) is 10.1 Å². The monoisotopic (exact) mass is 530 g/mol. The lowest BCUT2D eigenvalue weighted by atomic mass is 9.68. The summed E-state index contributed by atoms with van der Waals surface area (Å²) in [4.78, 5) is 18.2. The lowest BCUT2D eigenvalue weighted by molar-refractivity contribution is -0.118. The first-order chi connectivity index (χ1) is 18.1. The van der Waals surface area contributed by atoms with Gasteiger partial charge in [-0.15, -0.1) is 0 Å². The molecule has 5 rings (SSSR count). The van der Waals surface area contributed by atoms with E-state index in [1.54, 1.807) is 12.1 Å². The molecule has 2 aliphatic heterocycles. The van der Waals surface area contributed by atoms with Gasteiger partial charge in [0, 0.05) is 48.0 Å². The van der Waals surface area contributed by atoms with Crippen molar-refractivity contribution >= 4 is 23.1 Å². The van der Waals surface area contributed by atoms with Gasteiger partial charge in [-0.2, -0.15) is 5.26 Å². The molecule has 2 N–H and O–H groups in total. The molecular weight excluding hydrogens is 496 g/mol. The van der Waals surface area contributed by atoms with E-state index in [-0.39, 0.29) is 11.2 Å². The van der Waals surface area contributed by atoms with Gasteiger partial charge >= 0.3 is 0 Å². The Bertz CT molecular complexity index is 1380. The number of aryl methyl sites for hydroxylation is 2. The number of nitrogens with two attached hydrogens (primary N) is 1. The number of carbonyl (C=O) groups excluding carboxylic acids is 1. The summed E-state index contributed by atoms with van der Waals surface area (Å²) in [6.07, 6.45) is 1.11. The van der Waals surface area contributed by atoms with Gasteiger partial charge < -0.3 is 10.5 Å². The second-order valence-electron chi connectivity index (χ2n) is 11.5. The molecule has 2 aromatic rings.